The van der Waals surface area contributed by atoms with Gasteiger partial charge in [0.25, 0.3) is 5.91 Å². The molecule has 6 heteroatoms. The van der Waals surface area contributed by atoms with Crippen LogP contribution in [0.15, 0.2) is 72.8 Å². The number of carbonyl (C=O) groups excluding carboxylic acids is 1. The first-order chi connectivity index (χ1) is 13.6. The molecule has 0 radical (unpaired) electrons. The standard InChI is InChI=1S/C22H18FN3O2/c23-18-5-3-4-16(12-18)14-26-20-7-2-1-6-19(20)24-21(26)13-15-8-10-17(11-9-15)22(27)25-28/h1-12,28H,13-14H2,(H,25,27). The number of hydrogen-bond donors (Lipinski definition) is 2. The van der Waals surface area contributed by atoms with Crippen LogP contribution >= 0.6 is 0 Å². The quantitative estimate of drug-likeness (QED) is 0.410. The van der Waals surface area contributed by atoms with Crippen molar-refractivity contribution in [3.05, 3.63) is 101 Å². The molecule has 4 rings (SSSR count). The summed E-state index contributed by atoms with van der Waals surface area (Å²) in [5, 5.41) is 8.73. The summed E-state index contributed by atoms with van der Waals surface area (Å²) >= 11 is 0. The topological polar surface area (TPSA) is 67.2 Å². The molecule has 1 amide bonds. The molecule has 3 aromatic carbocycles. The van der Waals surface area contributed by atoms with Gasteiger partial charge in [-0.05, 0) is 47.5 Å². The summed E-state index contributed by atoms with van der Waals surface area (Å²) in [7, 11) is 0. The molecule has 0 aliphatic carbocycles. The van der Waals surface area contributed by atoms with Crippen molar-refractivity contribution in [1.29, 1.82) is 0 Å². The van der Waals surface area contributed by atoms with E-state index in [0.717, 1.165) is 28.0 Å². The Kier molecular flexibility index (Phi) is 4.87. The number of aromatic nitrogens is 2. The lowest BCUT2D eigenvalue weighted by atomic mass is 10.1. The maximum Gasteiger partial charge on any atom is 0.274 e. The maximum absolute atomic E-state index is 13.6. The molecule has 0 aliphatic rings. The predicted octanol–water partition coefficient (Wildman–Crippen LogP) is 3.93. The summed E-state index contributed by atoms with van der Waals surface area (Å²) in [5.41, 5.74) is 5.70. The second-order valence-corrected chi connectivity index (χ2v) is 6.55. The first-order valence-corrected chi connectivity index (χ1v) is 8.86. The smallest absolute Gasteiger partial charge is 0.274 e. The van der Waals surface area contributed by atoms with Crippen molar-refractivity contribution >= 4 is 16.9 Å². The average molecular weight is 375 g/mol. The molecule has 28 heavy (non-hydrogen) atoms. The molecule has 1 heterocycles. The van der Waals surface area contributed by atoms with Gasteiger partial charge in [0.2, 0.25) is 0 Å². The van der Waals surface area contributed by atoms with Crippen LogP contribution in [0.5, 0.6) is 0 Å². The number of halogens is 1. The Morgan fingerprint density at radius 2 is 1.79 bits per heavy atom. The van der Waals surface area contributed by atoms with E-state index in [0.29, 0.717) is 18.5 Å². The number of hydrogen-bond acceptors (Lipinski definition) is 3. The fourth-order valence-corrected chi connectivity index (χ4v) is 3.28. The van der Waals surface area contributed by atoms with Gasteiger partial charge in [-0.2, -0.15) is 0 Å². The monoisotopic (exact) mass is 375 g/mol. The average Bonchev–Trinajstić information content (AvgIpc) is 3.05. The second kappa shape index (κ2) is 7.62. The number of nitrogens with one attached hydrogen (secondary N) is 1. The molecule has 140 valence electrons. The first kappa shape index (κ1) is 17.9. The molecule has 2 N–H and O–H groups in total. The van der Waals surface area contributed by atoms with Gasteiger partial charge in [-0.25, -0.2) is 14.9 Å². The third-order valence-corrected chi connectivity index (χ3v) is 4.64. The molecule has 5 nitrogen and oxygen atoms in total. The molecule has 1 aromatic heterocycles. The van der Waals surface area contributed by atoms with Gasteiger partial charge in [-0.3, -0.25) is 10.0 Å². The number of para-hydroxylation sites is 2. The Balaban J connectivity index is 1.69. The Hall–Kier alpha value is -3.51. The zero-order valence-corrected chi connectivity index (χ0v) is 15.0. The molecule has 0 atom stereocenters. The molecule has 4 aromatic rings. The molecule has 0 aliphatic heterocycles. The van der Waals surface area contributed by atoms with Crippen LogP contribution in [-0.2, 0) is 13.0 Å². The highest BCUT2D eigenvalue weighted by Gasteiger charge is 2.12. The lowest BCUT2D eigenvalue weighted by Crippen LogP contribution is -2.18. The number of rotatable bonds is 5. The number of imidazole rings is 1. The minimum Gasteiger partial charge on any atom is -0.323 e. The molecule has 0 unspecified atom stereocenters. The van der Waals surface area contributed by atoms with Crippen LogP contribution in [0.4, 0.5) is 4.39 Å². The van der Waals surface area contributed by atoms with E-state index in [9.17, 15) is 9.18 Å². The van der Waals surface area contributed by atoms with Gasteiger partial charge in [0, 0.05) is 18.5 Å². The highest BCUT2D eigenvalue weighted by Crippen LogP contribution is 2.21. The lowest BCUT2D eigenvalue weighted by Gasteiger charge is -2.10. The van der Waals surface area contributed by atoms with Crippen LogP contribution in [0, 0.1) is 5.82 Å². The number of benzene rings is 3. The van der Waals surface area contributed by atoms with E-state index in [4.69, 9.17) is 10.2 Å². The third kappa shape index (κ3) is 3.63. The summed E-state index contributed by atoms with van der Waals surface area (Å²) < 4.78 is 15.7. The van der Waals surface area contributed by atoms with Crippen LogP contribution < -0.4 is 5.48 Å². The van der Waals surface area contributed by atoms with Crippen molar-refractivity contribution in [2.75, 3.05) is 0 Å². The molecule has 0 spiro atoms. The number of hydroxylamine groups is 1. The summed E-state index contributed by atoms with van der Waals surface area (Å²) in [4.78, 5) is 16.2. The van der Waals surface area contributed by atoms with E-state index in [1.807, 2.05) is 42.5 Å². The SMILES string of the molecule is O=C(NO)c1ccc(Cc2nc3ccccc3n2Cc2cccc(F)c2)cc1. The van der Waals surface area contributed by atoms with Crippen LogP contribution in [0.1, 0.15) is 27.3 Å². The van der Waals surface area contributed by atoms with Crippen LogP contribution in [-0.4, -0.2) is 20.7 Å². The fraction of sp³-hybridized carbons (Fsp3) is 0.0909. The Morgan fingerprint density at radius 1 is 1.00 bits per heavy atom. The molecule has 0 bridgehead atoms. The summed E-state index contributed by atoms with van der Waals surface area (Å²) in [6, 6.07) is 21.4. The summed E-state index contributed by atoms with van der Waals surface area (Å²) in [6.07, 6.45) is 0.561. The minimum atomic E-state index is -0.551. The van der Waals surface area contributed by atoms with Gasteiger partial charge in [0.05, 0.1) is 11.0 Å². The normalized spacial score (nSPS) is 10.9. The van der Waals surface area contributed by atoms with Crippen LogP contribution in [0.25, 0.3) is 11.0 Å². The van der Waals surface area contributed by atoms with Crippen molar-refractivity contribution in [1.82, 2.24) is 15.0 Å². The number of amides is 1. The van der Waals surface area contributed by atoms with Gasteiger partial charge < -0.3 is 4.57 Å². The Bertz CT molecular complexity index is 1140. The van der Waals surface area contributed by atoms with Gasteiger partial charge >= 0.3 is 0 Å². The molecule has 0 saturated carbocycles. The van der Waals surface area contributed by atoms with Gasteiger partial charge in [0.1, 0.15) is 11.6 Å². The van der Waals surface area contributed by atoms with Crippen molar-refractivity contribution in [3.63, 3.8) is 0 Å². The molecular weight excluding hydrogens is 357 g/mol. The van der Waals surface area contributed by atoms with Crippen molar-refractivity contribution in [2.45, 2.75) is 13.0 Å². The zero-order chi connectivity index (χ0) is 19.5. The van der Waals surface area contributed by atoms with Gasteiger partial charge in [-0.15, -0.1) is 0 Å². The lowest BCUT2D eigenvalue weighted by molar-refractivity contribution is 0.0706. The number of fused-ring (bicyclic) bond motifs is 1. The Labute approximate surface area is 161 Å². The number of nitrogens with zero attached hydrogens (tertiary/aromatic N) is 2. The fourth-order valence-electron chi connectivity index (χ4n) is 3.28. The van der Waals surface area contributed by atoms with Crippen molar-refractivity contribution < 1.29 is 14.4 Å². The number of carbonyl (C=O) groups is 1. The zero-order valence-electron chi connectivity index (χ0n) is 15.0. The summed E-state index contributed by atoms with van der Waals surface area (Å²) in [6.45, 7) is 0.513. The van der Waals surface area contributed by atoms with Gasteiger partial charge in [0.15, 0.2) is 0 Å². The van der Waals surface area contributed by atoms with E-state index in [2.05, 4.69) is 4.57 Å². The van der Waals surface area contributed by atoms with E-state index < -0.39 is 5.91 Å². The molecule has 0 fully saturated rings. The minimum absolute atomic E-state index is 0.263. The predicted molar refractivity (Wildman–Crippen MR) is 104 cm³/mol. The highest BCUT2D eigenvalue weighted by atomic mass is 19.1. The second-order valence-electron chi connectivity index (χ2n) is 6.55. The van der Waals surface area contributed by atoms with E-state index in [1.165, 1.54) is 12.1 Å². The van der Waals surface area contributed by atoms with Gasteiger partial charge in [-0.1, -0.05) is 36.4 Å². The molecule has 0 saturated heterocycles. The third-order valence-electron chi connectivity index (χ3n) is 4.64. The largest absolute Gasteiger partial charge is 0.323 e. The van der Waals surface area contributed by atoms with Crippen LogP contribution in [0.3, 0.4) is 0 Å². The Morgan fingerprint density at radius 3 is 2.54 bits per heavy atom. The van der Waals surface area contributed by atoms with Crippen molar-refractivity contribution in [3.8, 4) is 0 Å². The summed E-state index contributed by atoms with van der Waals surface area (Å²) in [5.74, 6) is 0.0379. The van der Waals surface area contributed by atoms with Crippen molar-refractivity contribution in [2.24, 2.45) is 0 Å². The maximum atomic E-state index is 13.6. The molecular formula is C22H18FN3O2. The van der Waals surface area contributed by atoms with Crippen LogP contribution in [0.2, 0.25) is 0 Å². The van der Waals surface area contributed by atoms with E-state index in [1.54, 1.807) is 23.7 Å². The van der Waals surface area contributed by atoms with E-state index >= 15 is 0 Å². The highest BCUT2D eigenvalue weighted by molar-refractivity contribution is 5.93. The first-order valence-electron chi connectivity index (χ1n) is 8.86. The van der Waals surface area contributed by atoms with E-state index in [-0.39, 0.29) is 5.82 Å².